The number of rotatable bonds is 11. The number of hydrogen-bond acceptors (Lipinski definition) is 5. The summed E-state index contributed by atoms with van der Waals surface area (Å²) >= 11 is 6.08. The van der Waals surface area contributed by atoms with Crippen LogP contribution in [0.5, 0.6) is 5.75 Å². The second kappa shape index (κ2) is 12.7. The summed E-state index contributed by atoms with van der Waals surface area (Å²) in [5, 5.41) is 0.670. The van der Waals surface area contributed by atoms with Crippen molar-refractivity contribution >= 4 is 23.2 Å². The summed E-state index contributed by atoms with van der Waals surface area (Å²) < 4.78 is 22.7. The molecule has 3 heterocycles. The molecular formula is C30H35ClFN5O2. The van der Waals surface area contributed by atoms with Crippen LogP contribution in [0.4, 0.5) is 10.2 Å². The van der Waals surface area contributed by atoms with E-state index >= 15 is 0 Å². The Bertz CT molecular complexity index is 1430. The minimum atomic E-state index is -0.259. The number of piperazine rings is 1. The fourth-order valence-corrected chi connectivity index (χ4v) is 5.18. The highest BCUT2D eigenvalue weighted by Gasteiger charge is 2.22. The molecule has 0 radical (unpaired) electrons. The first kappa shape index (κ1) is 27.2. The third-order valence-electron chi connectivity index (χ3n) is 7.22. The van der Waals surface area contributed by atoms with Gasteiger partial charge in [0.15, 0.2) is 0 Å². The van der Waals surface area contributed by atoms with Gasteiger partial charge in [0.25, 0.3) is 5.56 Å². The van der Waals surface area contributed by atoms with Crippen molar-refractivity contribution in [2.75, 3.05) is 44.2 Å². The summed E-state index contributed by atoms with van der Waals surface area (Å²) in [7, 11) is 0. The van der Waals surface area contributed by atoms with Gasteiger partial charge in [-0.15, -0.1) is 0 Å². The first-order valence-electron chi connectivity index (χ1n) is 13.8. The van der Waals surface area contributed by atoms with Crippen molar-refractivity contribution in [3.63, 3.8) is 0 Å². The Labute approximate surface area is 233 Å². The van der Waals surface area contributed by atoms with Crippen molar-refractivity contribution < 1.29 is 9.13 Å². The summed E-state index contributed by atoms with van der Waals surface area (Å²) in [6.45, 7) is 8.03. The molecule has 0 amide bonds. The van der Waals surface area contributed by atoms with E-state index in [2.05, 4.69) is 21.3 Å². The smallest absolute Gasteiger partial charge is 0.261 e. The van der Waals surface area contributed by atoms with E-state index in [0.29, 0.717) is 23.2 Å². The number of ether oxygens (including phenoxy) is 1. The van der Waals surface area contributed by atoms with Crippen molar-refractivity contribution in [2.24, 2.45) is 0 Å². The maximum absolute atomic E-state index is 13.2. The average Bonchev–Trinajstić information content (AvgIpc) is 3.40. The van der Waals surface area contributed by atoms with E-state index in [0.717, 1.165) is 82.0 Å². The second-order valence-electron chi connectivity index (χ2n) is 9.99. The molecule has 0 aliphatic carbocycles. The first-order valence-corrected chi connectivity index (χ1v) is 14.1. The number of unbranched alkanes of at least 4 members (excludes halogenated alkanes) is 2. The van der Waals surface area contributed by atoms with Crippen LogP contribution in [0, 0.1) is 5.82 Å². The molecule has 4 aromatic rings. The van der Waals surface area contributed by atoms with Crippen molar-refractivity contribution in [3.8, 4) is 17.0 Å². The number of fused-ring (bicyclic) bond motifs is 1. The lowest BCUT2D eigenvalue weighted by Gasteiger charge is -2.37. The molecule has 1 fully saturated rings. The van der Waals surface area contributed by atoms with Gasteiger partial charge in [-0.2, -0.15) is 0 Å². The van der Waals surface area contributed by atoms with Gasteiger partial charge in [-0.25, -0.2) is 9.37 Å². The normalized spacial score (nSPS) is 14.3. The molecule has 2 aromatic heterocycles. The number of halogens is 2. The van der Waals surface area contributed by atoms with Crippen LogP contribution < -0.4 is 15.2 Å². The number of benzene rings is 2. The molecule has 1 aliphatic heterocycles. The van der Waals surface area contributed by atoms with Gasteiger partial charge in [0.2, 0.25) is 5.78 Å². The van der Waals surface area contributed by atoms with Crippen molar-refractivity contribution in [3.05, 3.63) is 82.0 Å². The molecule has 2 aromatic carbocycles. The van der Waals surface area contributed by atoms with Gasteiger partial charge in [-0.1, -0.05) is 43.5 Å². The molecule has 206 valence electrons. The van der Waals surface area contributed by atoms with Gasteiger partial charge in [-0.05, 0) is 49.2 Å². The highest BCUT2D eigenvalue weighted by Crippen LogP contribution is 2.24. The molecule has 5 rings (SSSR count). The third kappa shape index (κ3) is 6.62. The standard InChI is InChI=1S/C30H35ClFN5O2/c1-2-3-4-15-36-28(21-29(38)37-22-27(33-30(36)37)23-6-8-24(31)9-7-23)35-18-16-34(17-19-35)14-5-20-39-26-12-10-25(32)11-13-26/h6-13,21-22H,2-5,14-20H2,1H3. The Morgan fingerprint density at radius 2 is 1.69 bits per heavy atom. The topological polar surface area (TPSA) is 55.0 Å². The molecule has 0 N–H and O–H groups in total. The fraction of sp³-hybridized carbons (Fsp3) is 0.400. The predicted molar refractivity (Wildman–Crippen MR) is 155 cm³/mol. The quantitative estimate of drug-likeness (QED) is 0.223. The summed E-state index contributed by atoms with van der Waals surface area (Å²) in [6.07, 6.45) is 5.99. The van der Waals surface area contributed by atoms with E-state index in [4.69, 9.17) is 21.3 Å². The van der Waals surface area contributed by atoms with E-state index in [1.807, 2.05) is 30.5 Å². The number of aromatic nitrogens is 3. The Morgan fingerprint density at radius 1 is 0.949 bits per heavy atom. The number of anilines is 1. The lowest BCUT2D eigenvalue weighted by atomic mass is 10.2. The number of hydrogen-bond donors (Lipinski definition) is 0. The average molecular weight is 552 g/mol. The van der Waals surface area contributed by atoms with Crippen LogP contribution in [0.15, 0.2) is 65.6 Å². The monoisotopic (exact) mass is 551 g/mol. The third-order valence-corrected chi connectivity index (χ3v) is 7.47. The summed E-state index contributed by atoms with van der Waals surface area (Å²) in [5.41, 5.74) is 1.62. The van der Waals surface area contributed by atoms with Crippen LogP contribution in [-0.4, -0.2) is 58.2 Å². The molecule has 0 spiro atoms. The summed E-state index contributed by atoms with van der Waals surface area (Å²) in [4.78, 5) is 22.9. The van der Waals surface area contributed by atoms with Crippen LogP contribution in [0.3, 0.4) is 0 Å². The minimum absolute atomic E-state index is 0.0696. The van der Waals surface area contributed by atoms with Gasteiger partial charge >= 0.3 is 0 Å². The van der Waals surface area contributed by atoms with E-state index < -0.39 is 0 Å². The van der Waals surface area contributed by atoms with Gasteiger partial charge in [-0.3, -0.25) is 18.7 Å². The minimum Gasteiger partial charge on any atom is -0.494 e. The molecule has 0 saturated carbocycles. The predicted octanol–water partition coefficient (Wildman–Crippen LogP) is 5.74. The Hall–Kier alpha value is -3.36. The number of imidazole rings is 1. The van der Waals surface area contributed by atoms with Crippen molar-refractivity contribution in [1.82, 2.24) is 18.9 Å². The lowest BCUT2D eigenvalue weighted by Crippen LogP contribution is -2.48. The molecule has 0 unspecified atom stereocenters. The number of aryl methyl sites for hydroxylation is 1. The zero-order valence-electron chi connectivity index (χ0n) is 22.4. The maximum atomic E-state index is 13.2. The SMILES string of the molecule is CCCCCn1c(N2CCN(CCCOc3ccc(F)cc3)CC2)cc(=O)n2cc(-c3ccc(Cl)cc3)nc12. The van der Waals surface area contributed by atoms with Crippen LogP contribution in [0.2, 0.25) is 5.02 Å². The highest BCUT2D eigenvalue weighted by molar-refractivity contribution is 6.30. The summed E-state index contributed by atoms with van der Waals surface area (Å²) in [6, 6.07) is 15.4. The zero-order chi connectivity index (χ0) is 27.2. The van der Waals surface area contributed by atoms with Crippen LogP contribution in [0.1, 0.15) is 32.6 Å². The Morgan fingerprint density at radius 3 is 2.41 bits per heavy atom. The van der Waals surface area contributed by atoms with Gasteiger partial charge < -0.3 is 9.64 Å². The molecular weight excluding hydrogens is 517 g/mol. The van der Waals surface area contributed by atoms with Crippen LogP contribution in [0.25, 0.3) is 17.0 Å². The number of nitrogens with zero attached hydrogens (tertiary/aromatic N) is 5. The molecule has 1 aliphatic rings. The molecule has 0 atom stereocenters. The zero-order valence-corrected chi connectivity index (χ0v) is 23.1. The van der Waals surface area contributed by atoms with Gasteiger partial charge in [0, 0.05) is 62.1 Å². The van der Waals surface area contributed by atoms with Gasteiger partial charge in [0.1, 0.15) is 17.4 Å². The fourth-order valence-electron chi connectivity index (χ4n) is 5.05. The Balaban J connectivity index is 1.28. The molecule has 1 saturated heterocycles. The van der Waals surface area contributed by atoms with Crippen molar-refractivity contribution in [1.29, 1.82) is 0 Å². The van der Waals surface area contributed by atoms with Crippen LogP contribution >= 0.6 is 11.6 Å². The van der Waals surface area contributed by atoms with E-state index in [1.54, 1.807) is 22.6 Å². The van der Waals surface area contributed by atoms with E-state index in [-0.39, 0.29) is 11.4 Å². The highest BCUT2D eigenvalue weighted by atomic mass is 35.5. The molecule has 7 nitrogen and oxygen atoms in total. The van der Waals surface area contributed by atoms with Crippen LogP contribution in [-0.2, 0) is 6.54 Å². The first-order chi connectivity index (χ1) is 19.0. The molecule has 0 bridgehead atoms. The van der Waals surface area contributed by atoms with E-state index in [9.17, 15) is 9.18 Å². The Kier molecular flexibility index (Phi) is 8.84. The molecule has 9 heteroatoms. The van der Waals surface area contributed by atoms with Gasteiger partial charge in [0.05, 0.1) is 12.3 Å². The van der Waals surface area contributed by atoms with Crippen molar-refractivity contribution in [2.45, 2.75) is 39.2 Å². The molecule has 39 heavy (non-hydrogen) atoms. The lowest BCUT2D eigenvalue weighted by molar-refractivity contribution is 0.224. The summed E-state index contributed by atoms with van der Waals surface area (Å²) in [5.74, 6) is 2.05. The van der Waals surface area contributed by atoms with E-state index in [1.165, 1.54) is 12.1 Å². The second-order valence-corrected chi connectivity index (χ2v) is 10.4. The maximum Gasteiger partial charge on any atom is 0.261 e. The largest absolute Gasteiger partial charge is 0.494 e.